The minimum atomic E-state index is -4.17. The van der Waals surface area contributed by atoms with Gasteiger partial charge in [0.25, 0.3) is 10.0 Å². The predicted molar refractivity (Wildman–Crippen MR) is 161 cm³/mol. The van der Waals surface area contributed by atoms with Crippen molar-refractivity contribution in [3.8, 4) is 0 Å². The van der Waals surface area contributed by atoms with E-state index >= 15 is 0 Å². The van der Waals surface area contributed by atoms with E-state index in [-0.39, 0.29) is 29.1 Å². The molecule has 0 radical (unpaired) electrons. The first-order chi connectivity index (χ1) is 18.8. The maximum absolute atomic E-state index is 14.0. The molecule has 3 rings (SSSR count). The van der Waals surface area contributed by atoms with Crippen LogP contribution in [0.25, 0.3) is 0 Å². The number of halogens is 2. The number of benzene rings is 3. The monoisotopic (exact) mass is 603 g/mol. The lowest BCUT2D eigenvalue weighted by molar-refractivity contribution is -0.139. The van der Waals surface area contributed by atoms with Gasteiger partial charge in [0, 0.05) is 22.6 Å². The van der Waals surface area contributed by atoms with Crippen LogP contribution in [0.5, 0.6) is 0 Å². The van der Waals surface area contributed by atoms with Gasteiger partial charge in [0.2, 0.25) is 11.8 Å². The highest BCUT2D eigenvalue weighted by atomic mass is 35.5. The molecule has 1 N–H and O–H groups in total. The molecule has 0 bridgehead atoms. The molecule has 7 nitrogen and oxygen atoms in total. The van der Waals surface area contributed by atoms with Crippen molar-refractivity contribution in [1.29, 1.82) is 0 Å². The van der Waals surface area contributed by atoms with Crippen LogP contribution in [0.4, 0.5) is 5.69 Å². The molecule has 0 aliphatic carbocycles. The van der Waals surface area contributed by atoms with Gasteiger partial charge in [-0.15, -0.1) is 0 Å². The summed E-state index contributed by atoms with van der Waals surface area (Å²) in [5.41, 5.74) is 2.61. The van der Waals surface area contributed by atoms with Crippen molar-refractivity contribution >= 4 is 50.7 Å². The average molecular weight is 605 g/mol. The third-order valence-corrected chi connectivity index (χ3v) is 9.17. The van der Waals surface area contributed by atoms with Crippen LogP contribution in [-0.2, 0) is 26.2 Å². The topological polar surface area (TPSA) is 86.8 Å². The summed E-state index contributed by atoms with van der Waals surface area (Å²) in [5.74, 6) is -0.893. The van der Waals surface area contributed by atoms with Gasteiger partial charge >= 0.3 is 0 Å². The van der Waals surface area contributed by atoms with Crippen LogP contribution in [0, 0.1) is 13.8 Å². The lowest BCUT2D eigenvalue weighted by Gasteiger charge is -2.32. The molecule has 0 saturated carbocycles. The van der Waals surface area contributed by atoms with Crippen molar-refractivity contribution in [2.45, 2.75) is 64.6 Å². The van der Waals surface area contributed by atoms with E-state index in [4.69, 9.17) is 23.2 Å². The largest absolute Gasteiger partial charge is 0.352 e. The van der Waals surface area contributed by atoms with Crippen LogP contribution in [0.15, 0.2) is 71.6 Å². The van der Waals surface area contributed by atoms with E-state index in [1.807, 2.05) is 20.8 Å². The molecule has 214 valence electrons. The highest BCUT2D eigenvalue weighted by Crippen LogP contribution is 2.29. The Morgan fingerprint density at radius 3 is 2.23 bits per heavy atom. The van der Waals surface area contributed by atoms with E-state index in [9.17, 15) is 18.0 Å². The summed E-state index contributed by atoms with van der Waals surface area (Å²) in [4.78, 5) is 28.5. The molecular weight excluding hydrogens is 569 g/mol. The van der Waals surface area contributed by atoms with Crippen LogP contribution < -0.4 is 9.62 Å². The Morgan fingerprint density at radius 1 is 0.950 bits per heavy atom. The summed E-state index contributed by atoms with van der Waals surface area (Å²) in [7, 11) is -4.17. The van der Waals surface area contributed by atoms with Crippen molar-refractivity contribution in [3.05, 3.63) is 93.5 Å². The summed E-state index contributed by atoms with van der Waals surface area (Å²) < 4.78 is 28.8. The first-order valence-electron chi connectivity index (χ1n) is 13.0. The standard InChI is InChI=1S/C30H35Cl2N3O4S/c1-6-22(4)33-30(37)23(5)34(18-24-8-7-9-25(31)16-24)29(36)19-35(26-13-12-21(3)28(32)17-26)40(38,39)27-14-10-20(2)11-15-27/h7-17,22-23H,6,18-19H2,1-5H3,(H,33,37)/t22-,23+/m1/s1. The van der Waals surface area contributed by atoms with Gasteiger partial charge in [-0.05, 0) is 81.6 Å². The van der Waals surface area contributed by atoms with Gasteiger partial charge in [-0.25, -0.2) is 8.42 Å². The maximum atomic E-state index is 14.0. The summed E-state index contributed by atoms with van der Waals surface area (Å²) in [5, 5.41) is 3.77. The Hall–Kier alpha value is -3.07. The lowest BCUT2D eigenvalue weighted by atomic mass is 10.1. The van der Waals surface area contributed by atoms with Crippen LogP contribution in [0.1, 0.15) is 43.9 Å². The molecule has 10 heteroatoms. The molecule has 0 aromatic heterocycles. The zero-order chi connectivity index (χ0) is 29.6. The van der Waals surface area contributed by atoms with Gasteiger partial charge in [0.15, 0.2) is 0 Å². The minimum absolute atomic E-state index is 0.0338. The summed E-state index contributed by atoms with van der Waals surface area (Å²) in [6.07, 6.45) is 0.720. The number of nitrogens with zero attached hydrogens (tertiary/aromatic N) is 2. The lowest BCUT2D eigenvalue weighted by Crippen LogP contribution is -2.52. The number of amides is 2. The van der Waals surface area contributed by atoms with Crippen LogP contribution >= 0.6 is 23.2 Å². The van der Waals surface area contributed by atoms with Crippen molar-refractivity contribution in [1.82, 2.24) is 10.2 Å². The van der Waals surface area contributed by atoms with Crippen LogP contribution in [0.3, 0.4) is 0 Å². The molecule has 0 fully saturated rings. The molecule has 3 aromatic rings. The summed E-state index contributed by atoms with van der Waals surface area (Å²) in [6, 6.07) is 17.2. The highest BCUT2D eigenvalue weighted by molar-refractivity contribution is 7.92. The fourth-order valence-corrected chi connectivity index (χ4v) is 5.78. The molecule has 0 aliphatic heterocycles. The average Bonchev–Trinajstić information content (AvgIpc) is 2.91. The van der Waals surface area contributed by atoms with Gasteiger partial charge in [0.1, 0.15) is 12.6 Å². The van der Waals surface area contributed by atoms with Crippen molar-refractivity contribution in [3.63, 3.8) is 0 Å². The number of rotatable bonds is 11. The Labute approximate surface area is 247 Å². The third-order valence-electron chi connectivity index (χ3n) is 6.74. The van der Waals surface area contributed by atoms with Gasteiger partial charge in [-0.3, -0.25) is 13.9 Å². The first kappa shape index (κ1) is 31.5. The molecule has 2 amide bonds. The number of hydrogen-bond acceptors (Lipinski definition) is 4. The molecule has 0 heterocycles. The quantitative estimate of drug-likeness (QED) is 0.285. The van der Waals surface area contributed by atoms with E-state index in [0.717, 1.165) is 21.9 Å². The van der Waals surface area contributed by atoms with E-state index in [1.165, 1.54) is 23.1 Å². The molecule has 40 heavy (non-hydrogen) atoms. The SMILES string of the molecule is CC[C@@H](C)NC(=O)[C@H](C)N(Cc1cccc(Cl)c1)C(=O)CN(c1ccc(C)c(Cl)c1)S(=O)(=O)c1ccc(C)cc1. The fourth-order valence-electron chi connectivity index (χ4n) is 3.98. The van der Waals surface area contributed by atoms with Gasteiger partial charge < -0.3 is 10.2 Å². The molecule has 0 aliphatic rings. The molecule has 0 saturated heterocycles. The number of carbonyl (C=O) groups excluding carboxylic acids is 2. The van der Waals surface area contributed by atoms with E-state index < -0.39 is 28.5 Å². The molecule has 2 atom stereocenters. The van der Waals surface area contributed by atoms with E-state index in [2.05, 4.69) is 5.32 Å². The maximum Gasteiger partial charge on any atom is 0.264 e. The number of aryl methyl sites for hydroxylation is 2. The van der Waals surface area contributed by atoms with E-state index in [1.54, 1.807) is 62.4 Å². The number of nitrogens with one attached hydrogen (secondary N) is 1. The second-order valence-electron chi connectivity index (χ2n) is 9.90. The Morgan fingerprint density at radius 2 is 1.62 bits per heavy atom. The van der Waals surface area contributed by atoms with Crippen molar-refractivity contribution < 1.29 is 18.0 Å². The second-order valence-corrected chi connectivity index (χ2v) is 12.6. The Bertz CT molecular complexity index is 1460. The third kappa shape index (κ3) is 7.77. The number of hydrogen-bond donors (Lipinski definition) is 1. The number of carbonyl (C=O) groups is 2. The Kier molecular flexibility index (Phi) is 10.6. The van der Waals surface area contributed by atoms with Crippen LogP contribution in [0.2, 0.25) is 10.0 Å². The van der Waals surface area contributed by atoms with Gasteiger partial charge in [-0.2, -0.15) is 0 Å². The Balaban J connectivity index is 2.05. The second kappa shape index (κ2) is 13.5. The number of anilines is 1. The molecular formula is C30H35Cl2N3O4S. The highest BCUT2D eigenvalue weighted by Gasteiger charge is 2.33. The molecule has 0 unspecified atom stereocenters. The fraction of sp³-hybridized carbons (Fsp3) is 0.333. The van der Waals surface area contributed by atoms with E-state index in [0.29, 0.717) is 15.6 Å². The van der Waals surface area contributed by atoms with Crippen molar-refractivity contribution in [2.75, 3.05) is 10.8 Å². The summed E-state index contributed by atoms with van der Waals surface area (Å²) in [6.45, 7) is 8.63. The smallest absolute Gasteiger partial charge is 0.264 e. The zero-order valence-corrected chi connectivity index (χ0v) is 25.6. The predicted octanol–water partition coefficient (Wildman–Crippen LogP) is 6.14. The number of sulfonamides is 1. The first-order valence-corrected chi connectivity index (χ1v) is 15.2. The minimum Gasteiger partial charge on any atom is -0.352 e. The normalized spacial score (nSPS) is 12.9. The van der Waals surface area contributed by atoms with Gasteiger partial charge in [0.05, 0.1) is 10.6 Å². The molecule has 3 aromatic carbocycles. The van der Waals surface area contributed by atoms with Crippen LogP contribution in [-0.4, -0.2) is 43.8 Å². The van der Waals surface area contributed by atoms with Crippen molar-refractivity contribution in [2.24, 2.45) is 0 Å². The molecule has 0 spiro atoms. The zero-order valence-electron chi connectivity index (χ0n) is 23.3. The summed E-state index contributed by atoms with van der Waals surface area (Å²) >= 11 is 12.6. The van der Waals surface area contributed by atoms with Gasteiger partial charge in [-0.1, -0.05) is 66.0 Å².